The van der Waals surface area contributed by atoms with E-state index in [2.05, 4.69) is 120 Å². The van der Waals surface area contributed by atoms with Gasteiger partial charge in [-0.05, 0) is 80.2 Å². The molecule has 0 spiro atoms. The molecule has 1 unspecified atom stereocenters. The number of para-hydroxylation sites is 2. The van der Waals surface area contributed by atoms with Crippen molar-refractivity contribution in [3.05, 3.63) is 145 Å². The zero-order valence-electron chi connectivity index (χ0n) is 27.5. The molecule has 234 valence electrons. The summed E-state index contributed by atoms with van der Waals surface area (Å²) < 4.78 is 4.65. The van der Waals surface area contributed by atoms with Gasteiger partial charge in [0.1, 0.15) is 19.4 Å². The van der Waals surface area contributed by atoms with Crippen molar-refractivity contribution in [1.29, 1.82) is 0 Å². The third-order valence-corrected chi connectivity index (χ3v) is 11.5. The van der Waals surface area contributed by atoms with Crippen molar-refractivity contribution in [3.8, 4) is 27.9 Å². The van der Waals surface area contributed by atoms with Gasteiger partial charge in [-0.15, -0.1) is 11.3 Å². The molecule has 9 aromatic rings. The number of aromatic nitrogens is 2. The second kappa shape index (κ2) is 10.9. The van der Waals surface area contributed by atoms with Gasteiger partial charge in [-0.2, -0.15) is 0 Å². The van der Waals surface area contributed by atoms with E-state index in [4.69, 9.17) is 4.98 Å². The molecule has 0 fully saturated rings. The zero-order valence-corrected chi connectivity index (χ0v) is 28.3. The van der Waals surface area contributed by atoms with E-state index in [1.165, 1.54) is 66.3 Å². The first-order valence-corrected chi connectivity index (χ1v) is 17.4. The summed E-state index contributed by atoms with van der Waals surface area (Å²) in [6, 6.07) is 49.5. The highest BCUT2D eigenvalue weighted by Crippen LogP contribution is 2.48. The van der Waals surface area contributed by atoms with Crippen molar-refractivity contribution in [2.24, 2.45) is 0 Å². The van der Waals surface area contributed by atoms with E-state index in [9.17, 15) is 10.2 Å². The highest BCUT2D eigenvalue weighted by molar-refractivity contribution is 7.25. The number of thiophene rings is 1. The number of rotatable bonds is 5. The lowest BCUT2D eigenvalue weighted by molar-refractivity contribution is -0.116. The molecule has 0 saturated heterocycles. The number of hydrogen-bond donors (Lipinski definition) is 2. The van der Waals surface area contributed by atoms with Crippen LogP contribution in [0.4, 0.5) is 0 Å². The van der Waals surface area contributed by atoms with Crippen LogP contribution in [0.25, 0.3) is 80.7 Å². The second-order valence-corrected chi connectivity index (χ2v) is 14.7. The Hall–Kier alpha value is -5.20. The molecule has 9 rings (SSSR count). The van der Waals surface area contributed by atoms with E-state index in [-0.39, 0.29) is 0 Å². The third-order valence-electron chi connectivity index (χ3n) is 10.3. The van der Waals surface area contributed by atoms with Crippen LogP contribution in [0.15, 0.2) is 140 Å². The molecule has 0 aliphatic heterocycles. The quantitative estimate of drug-likeness (QED) is 0.112. The predicted octanol–water partition coefficient (Wildman–Crippen LogP) is 8.15. The van der Waals surface area contributed by atoms with Crippen LogP contribution in [0, 0.1) is 0 Å². The minimum atomic E-state index is -1.98. The first-order chi connectivity index (χ1) is 23.7. The summed E-state index contributed by atoms with van der Waals surface area (Å²) in [6.45, 7) is 1.82. The summed E-state index contributed by atoms with van der Waals surface area (Å²) >= 11 is 1.85. The fraction of sp³-hybridized carbons (Fsp3) is 0.0714. The van der Waals surface area contributed by atoms with Crippen LogP contribution in [-0.2, 0) is 5.31 Å². The van der Waals surface area contributed by atoms with Crippen molar-refractivity contribution < 1.29 is 10.2 Å². The van der Waals surface area contributed by atoms with Gasteiger partial charge >= 0.3 is 0 Å². The molecule has 0 amide bonds. The average Bonchev–Trinajstić information content (AvgIpc) is 3.70. The fourth-order valence-electron chi connectivity index (χ4n) is 7.41. The van der Waals surface area contributed by atoms with E-state index < -0.39 is 11.0 Å². The molecule has 4 nitrogen and oxygen atoms in total. The van der Waals surface area contributed by atoms with Crippen molar-refractivity contribution in [2.75, 3.05) is 0 Å². The Morgan fingerprint density at radius 2 is 1.14 bits per heavy atom. The van der Waals surface area contributed by atoms with Gasteiger partial charge in [0.05, 0.1) is 11.0 Å². The maximum Gasteiger partial charge on any atom is 0.178 e. The molecule has 0 saturated carbocycles. The number of hydrogen-bond acceptors (Lipinski definition) is 4. The van der Waals surface area contributed by atoms with Crippen LogP contribution >= 0.6 is 11.3 Å². The van der Waals surface area contributed by atoms with E-state index in [1.54, 1.807) is 0 Å². The van der Waals surface area contributed by atoms with Gasteiger partial charge in [0, 0.05) is 31.2 Å². The third kappa shape index (κ3) is 4.50. The Bertz CT molecular complexity index is 2680. The lowest BCUT2D eigenvalue weighted by Crippen LogP contribution is -2.52. The Morgan fingerprint density at radius 1 is 0.592 bits per heavy atom. The van der Waals surface area contributed by atoms with Gasteiger partial charge in [-0.25, -0.2) is 4.98 Å². The SMILES string of the molecule is BC(O)(O)C(B)(C)c1nc2ccccc2n1-c1ccc(-c2c3ccccc3c(-c3cccc4sc5ccccc5c34)c3ccccc23)cc1. The van der Waals surface area contributed by atoms with Crippen LogP contribution in [0.3, 0.4) is 0 Å². The fourth-order valence-corrected chi connectivity index (χ4v) is 8.54. The monoisotopic (exact) mass is 650 g/mol. The molecule has 49 heavy (non-hydrogen) atoms. The lowest BCUT2D eigenvalue weighted by Gasteiger charge is -2.36. The molecule has 2 N–H and O–H groups in total. The van der Waals surface area contributed by atoms with Crippen LogP contribution in [0.1, 0.15) is 12.7 Å². The predicted molar refractivity (Wildman–Crippen MR) is 211 cm³/mol. The molecule has 2 heterocycles. The summed E-state index contributed by atoms with van der Waals surface area (Å²) in [5.41, 5.74) is 5.47. The van der Waals surface area contributed by atoms with Crippen molar-refractivity contribution >= 4 is 79.8 Å². The summed E-state index contributed by atoms with van der Waals surface area (Å²) in [7, 11) is 3.24. The molecular weight excluding hydrogens is 618 g/mol. The van der Waals surface area contributed by atoms with Gasteiger partial charge in [-0.1, -0.05) is 110 Å². The van der Waals surface area contributed by atoms with Crippen LogP contribution in [-0.4, -0.2) is 41.1 Å². The van der Waals surface area contributed by atoms with Crippen LogP contribution in [0.2, 0.25) is 0 Å². The van der Waals surface area contributed by atoms with Crippen LogP contribution < -0.4 is 0 Å². The number of aliphatic hydroxyl groups is 2. The van der Waals surface area contributed by atoms with E-state index >= 15 is 0 Å². The molecule has 0 bridgehead atoms. The number of benzene rings is 7. The molecular formula is C42H32B2N2O2S. The topological polar surface area (TPSA) is 58.3 Å². The van der Waals surface area contributed by atoms with Crippen molar-refractivity contribution in [1.82, 2.24) is 9.55 Å². The lowest BCUT2D eigenvalue weighted by atomic mass is 9.57. The van der Waals surface area contributed by atoms with Crippen LogP contribution in [0.5, 0.6) is 0 Å². The van der Waals surface area contributed by atoms with Gasteiger partial charge in [0.15, 0.2) is 7.85 Å². The summed E-state index contributed by atoms with van der Waals surface area (Å²) in [5, 5.41) is 28.0. The minimum Gasteiger partial charge on any atom is -0.374 e. The summed E-state index contributed by atoms with van der Waals surface area (Å²) in [5.74, 6) is 0.587. The Kier molecular flexibility index (Phi) is 6.66. The number of imidazole rings is 1. The minimum absolute atomic E-state index is 0.587. The normalized spacial score (nSPS) is 13.5. The first kappa shape index (κ1) is 29.9. The smallest absolute Gasteiger partial charge is 0.178 e. The Morgan fingerprint density at radius 3 is 1.80 bits per heavy atom. The van der Waals surface area contributed by atoms with Gasteiger partial charge in [-0.3, -0.25) is 4.57 Å². The molecule has 0 radical (unpaired) electrons. The van der Waals surface area contributed by atoms with Gasteiger partial charge in [0.2, 0.25) is 0 Å². The first-order valence-electron chi connectivity index (χ1n) is 16.6. The van der Waals surface area contributed by atoms with Gasteiger partial charge < -0.3 is 10.2 Å². The maximum absolute atomic E-state index is 10.8. The standard InChI is InChI=1S/C42H32B2N2O2S/c1-41(43,42(44,47)48)40-45-33-17-7-8-18-34(33)46(40)26-23-21-25(22-24-26)37-27-11-2-4-13-29(27)38(30-14-5-3-12-28(30)37)32-16-10-20-36-39(32)31-15-6-9-19-35(31)49-36/h2-24,47-48H,43-44H2,1H3. The van der Waals surface area contributed by atoms with Crippen molar-refractivity contribution in [2.45, 2.75) is 17.9 Å². The Labute approximate surface area is 289 Å². The molecule has 0 aliphatic rings. The average molecular weight is 650 g/mol. The Balaban J connectivity index is 1.28. The second-order valence-electron chi connectivity index (χ2n) is 13.6. The largest absolute Gasteiger partial charge is 0.374 e. The molecule has 7 aromatic carbocycles. The maximum atomic E-state index is 10.8. The molecule has 0 aliphatic carbocycles. The summed E-state index contributed by atoms with van der Waals surface area (Å²) in [4.78, 5) is 4.91. The molecule has 2 aromatic heterocycles. The highest BCUT2D eigenvalue weighted by atomic mass is 32.1. The molecule has 1 atom stereocenters. The number of nitrogens with zero attached hydrogens (tertiary/aromatic N) is 2. The van der Waals surface area contributed by atoms with E-state index in [1.807, 2.05) is 50.4 Å². The summed E-state index contributed by atoms with van der Waals surface area (Å²) in [6.07, 6.45) is 0. The van der Waals surface area contributed by atoms with Gasteiger partial charge in [0.25, 0.3) is 0 Å². The molecule has 7 heteroatoms. The van der Waals surface area contributed by atoms with Crippen molar-refractivity contribution in [3.63, 3.8) is 0 Å². The highest BCUT2D eigenvalue weighted by Gasteiger charge is 2.42. The zero-order chi connectivity index (χ0) is 33.5. The van der Waals surface area contributed by atoms with E-state index in [0.29, 0.717) is 5.82 Å². The van der Waals surface area contributed by atoms with E-state index in [0.717, 1.165) is 22.3 Å². The number of fused-ring (bicyclic) bond motifs is 6.